The summed E-state index contributed by atoms with van der Waals surface area (Å²) in [6.07, 6.45) is 0. The Morgan fingerprint density at radius 1 is 1.17 bits per heavy atom. The average molecular weight is 483 g/mol. The molecule has 0 spiro atoms. The molecule has 1 aliphatic rings. The highest BCUT2D eigenvalue weighted by atomic mass is 79.9. The molecule has 9 heteroatoms. The molecule has 7 nitrogen and oxygen atoms in total. The monoisotopic (exact) mass is 482 g/mol. The summed E-state index contributed by atoms with van der Waals surface area (Å²) in [6.45, 7) is 1.79. The molecular formula is C20H23BrN2O5S. The predicted molar refractivity (Wildman–Crippen MR) is 113 cm³/mol. The predicted octanol–water partition coefficient (Wildman–Crippen LogP) is 2.55. The zero-order valence-electron chi connectivity index (χ0n) is 16.1. The van der Waals surface area contributed by atoms with Crippen molar-refractivity contribution in [3.63, 3.8) is 0 Å². The Morgan fingerprint density at radius 3 is 2.52 bits per heavy atom. The van der Waals surface area contributed by atoms with Gasteiger partial charge in [-0.15, -0.1) is 0 Å². The van der Waals surface area contributed by atoms with E-state index < -0.39 is 10.0 Å². The first kappa shape index (κ1) is 21.8. The van der Waals surface area contributed by atoms with Crippen molar-refractivity contribution >= 4 is 31.9 Å². The van der Waals surface area contributed by atoms with Gasteiger partial charge >= 0.3 is 0 Å². The number of amides is 1. The van der Waals surface area contributed by atoms with E-state index >= 15 is 0 Å². The molecule has 29 heavy (non-hydrogen) atoms. The fourth-order valence-electron chi connectivity index (χ4n) is 3.07. The fourth-order valence-corrected chi connectivity index (χ4v) is 5.17. The zero-order valence-corrected chi connectivity index (χ0v) is 18.5. The summed E-state index contributed by atoms with van der Waals surface area (Å²) in [6, 6.07) is 12.3. The number of carbonyl (C=O) groups is 1. The molecular weight excluding hydrogens is 460 g/mol. The van der Waals surface area contributed by atoms with Crippen molar-refractivity contribution in [1.29, 1.82) is 0 Å². The van der Waals surface area contributed by atoms with Gasteiger partial charge in [0.15, 0.2) is 0 Å². The van der Waals surface area contributed by atoms with E-state index in [1.54, 1.807) is 37.4 Å². The summed E-state index contributed by atoms with van der Waals surface area (Å²) in [5.41, 5.74) is 1.93. The second kappa shape index (κ2) is 9.71. The first-order valence-electron chi connectivity index (χ1n) is 9.15. The van der Waals surface area contributed by atoms with Crippen molar-refractivity contribution in [2.75, 3.05) is 33.4 Å². The molecule has 1 fully saturated rings. The van der Waals surface area contributed by atoms with Crippen molar-refractivity contribution in [2.24, 2.45) is 0 Å². The summed E-state index contributed by atoms with van der Waals surface area (Å²) >= 11 is 3.37. The number of benzene rings is 2. The normalized spacial score (nSPS) is 15.1. The number of nitrogens with one attached hydrogen (secondary N) is 1. The Kier molecular flexibility index (Phi) is 7.28. The van der Waals surface area contributed by atoms with Crippen LogP contribution in [0.25, 0.3) is 0 Å². The zero-order chi connectivity index (χ0) is 20.9. The molecule has 0 saturated carbocycles. The number of rotatable bonds is 7. The van der Waals surface area contributed by atoms with Crippen LogP contribution in [0.5, 0.6) is 5.75 Å². The Hall–Kier alpha value is -1.94. The van der Waals surface area contributed by atoms with Crippen LogP contribution in [-0.4, -0.2) is 52.0 Å². The van der Waals surface area contributed by atoms with E-state index in [2.05, 4.69) is 21.2 Å². The van der Waals surface area contributed by atoms with E-state index in [-0.39, 0.29) is 18.2 Å². The second-order valence-corrected chi connectivity index (χ2v) is 9.39. The molecule has 1 N–H and O–H groups in total. The quantitative estimate of drug-likeness (QED) is 0.655. The van der Waals surface area contributed by atoms with Gasteiger partial charge in [-0.25, -0.2) is 8.42 Å². The topological polar surface area (TPSA) is 84.9 Å². The lowest BCUT2D eigenvalue weighted by molar-refractivity contribution is 0.0729. The van der Waals surface area contributed by atoms with Gasteiger partial charge in [-0.3, -0.25) is 4.79 Å². The van der Waals surface area contributed by atoms with E-state index in [4.69, 9.17) is 9.47 Å². The molecule has 1 aliphatic heterocycles. The number of methoxy groups -OCH3 is 1. The van der Waals surface area contributed by atoms with Crippen LogP contribution in [0.4, 0.5) is 0 Å². The Bertz CT molecular complexity index is 975. The lowest BCUT2D eigenvalue weighted by atomic mass is 10.1. The summed E-state index contributed by atoms with van der Waals surface area (Å²) in [4.78, 5) is 12.5. The molecule has 0 unspecified atom stereocenters. The number of ether oxygens (including phenoxy) is 2. The lowest BCUT2D eigenvalue weighted by Crippen LogP contribution is -2.41. The van der Waals surface area contributed by atoms with Crippen LogP contribution in [0.15, 0.2) is 46.9 Å². The van der Waals surface area contributed by atoms with Gasteiger partial charge in [0.2, 0.25) is 10.0 Å². The number of nitrogens with zero attached hydrogens (tertiary/aromatic N) is 1. The van der Waals surface area contributed by atoms with Crippen molar-refractivity contribution in [2.45, 2.75) is 12.3 Å². The van der Waals surface area contributed by atoms with Gasteiger partial charge < -0.3 is 14.8 Å². The molecule has 1 amide bonds. The average Bonchev–Trinajstić information content (AvgIpc) is 2.73. The molecule has 156 valence electrons. The number of hydrogen-bond acceptors (Lipinski definition) is 5. The van der Waals surface area contributed by atoms with E-state index in [0.717, 1.165) is 5.56 Å². The van der Waals surface area contributed by atoms with Gasteiger partial charge in [0, 0.05) is 25.2 Å². The third kappa shape index (κ3) is 5.57. The van der Waals surface area contributed by atoms with Gasteiger partial charge in [0.05, 0.1) is 30.5 Å². The lowest BCUT2D eigenvalue weighted by Gasteiger charge is -2.26. The van der Waals surface area contributed by atoms with E-state index in [9.17, 15) is 13.2 Å². The number of hydrogen-bond donors (Lipinski definition) is 1. The molecule has 2 aromatic rings. The maximum absolute atomic E-state index is 12.7. The third-order valence-corrected chi connectivity index (χ3v) is 7.12. The summed E-state index contributed by atoms with van der Waals surface area (Å²) < 4.78 is 38.0. The number of halogens is 1. The minimum atomic E-state index is -3.44. The molecule has 0 bridgehead atoms. The Morgan fingerprint density at radius 2 is 1.86 bits per heavy atom. The van der Waals surface area contributed by atoms with E-state index in [0.29, 0.717) is 47.7 Å². The van der Waals surface area contributed by atoms with Crippen molar-refractivity contribution < 1.29 is 22.7 Å². The molecule has 1 heterocycles. The van der Waals surface area contributed by atoms with E-state index in [1.807, 2.05) is 12.1 Å². The maximum Gasteiger partial charge on any atom is 0.251 e. The molecule has 0 radical (unpaired) electrons. The SMILES string of the molecule is COc1ccc(C(=O)NCc2ccccc2CS(=O)(=O)N2CCOCC2)cc1Br. The summed E-state index contributed by atoms with van der Waals surface area (Å²) in [7, 11) is -1.89. The first-order chi connectivity index (χ1) is 13.9. The standard InChI is InChI=1S/C20H23BrN2O5S/c1-27-19-7-6-15(12-18(19)21)20(24)22-13-16-4-2-3-5-17(16)14-29(25,26)23-8-10-28-11-9-23/h2-7,12H,8-11,13-14H2,1H3,(H,22,24). The minimum Gasteiger partial charge on any atom is -0.496 e. The van der Waals surface area contributed by atoms with Gasteiger partial charge in [-0.1, -0.05) is 24.3 Å². The van der Waals surface area contributed by atoms with Crippen molar-refractivity contribution in [1.82, 2.24) is 9.62 Å². The summed E-state index contributed by atoms with van der Waals surface area (Å²) in [5.74, 6) is 0.284. The second-order valence-electron chi connectivity index (χ2n) is 6.57. The van der Waals surface area contributed by atoms with Gasteiger partial charge in [0.25, 0.3) is 5.91 Å². The molecule has 0 atom stereocenters. The number of carbonyl (C=O) groups excluding carboxylic acids is 1. The largest absolute Gasteiger partial charge is 0.496 e. The molecule has 3 rings (SSSR count). The van der Waals surface area contributed by atoms with Crippen molar-refractivity contribution in [3.8, 4) is 5.75 Å². The van der Waals surface area contributed by atoms with Crippen LogP contribution in [0.3, 0.4) is 0 Å². The van der Waals surface area contributed by atoms with E-state index in [1.165, 1.54) is 4.31 Å². The van der Waals surface area contributed by atoms with Crippen LogP contribution < -0.4 is 10.1 Å². The van der Waals surface area contributed by atoms with Gasteiger partial charge in [-0.2, -0.15) is 4.31 Å². The summed E-state index contributed by atoms with van der Waals surface area (Å²) in [5, 5.41) is 2.86. The smallest absolute Gasteiger partial charge is 0.251 e. The van der Waals surface area contributed by atoms with Gasteiger partial charge in [0.1, 0.15) is 5.75 Å². The highest BCUT2D eigenvalue weighted by Gasteiger charge is 2.25. The van der Waals surface area contributed by atoms with Crippen LogP contribution in [0.2, 0.25) is 0 Å². The third-order valence-electron chi connectivity index (χ3n) is 4.67. The van der Waals surface area contributed by atoms with Crippen molar-refractivity contribution in [3.05, 3.63) is 63.6 Å². The highest BCUT2D eigenvalue weighted by Crippen LogP contribution is 2.25. The molecule has 0 aliphatic carbocycles. The number of sulfonamides is 1. The van der Waals surface area contributed by atoms with Gasteiger partial charge in [-0.05, 0) is 45.3 Å². The first-order valence-corrected chi connectivity index (χ1v) is 11.5. The highest BCUT2D eigenvalue weighted by molar-refractivity contribution is 9.10. The molecule has 0 aromatic heterocycles. The Balaban J connectivity index is 1.69. The van der Waals surface area contributed by atoms with Crippen LogP contribution in [-0.2, 0) is 27.1 Å². The minimum absolute atomic E-state index is 0.104. The van der Waals surface area contributed by atoms with Crippen LogP contribution in [0, 0.1) is 0 Å². The molecule has 1 saturated heterocycles. The maximum atomic E-state index is 12.7. The fraction of sp³-hybridized carbons (Fsp3) is 0.350. The van der Waals surface area contributed by atoms with Crippen LogP contribution >= 0.6 is 15.9 Å². The van der Waals surface area contributed by atoms with Crippen LogP contribution in [0.1, 0.15) is 21.5 Å². The Labute approximate surface area is 179 Å². The number of morpholine rings is 1. The molecule has 2 aromatic carbocycles.